The maximum absolute atomic E-state index is 13.5. The summed E-state index contributed by atoms with van der Waals surface area (Å²) < 4.78 is 11.0. The van der Waals surface area contributed by atoms with Gasteiger partial charge in [-0.2, -0.15) is 0 Å². The molecule has 1 amide bonds. The molecule has 1 aromatic heterocycles. The largest absolute Gasteiger partial charge is 0.488 e. The zero-order valence-corrected chi connectivity index (χ0v) is 19.8. The number of morpholine rings is 1. The van der Waals surface area contributed by atoms with Crippen molar-refractivity contribution in [1.82, 2.24) is 9.88 Å². The van der Waals surface area contributed by atoms with E-state index in [1.807, 2.05) is 65.6 Å². The highest BCUT2D eigenvalue weighted by Crippen LogP contribution is 2.21. The van der Waals surface area contributed by atoms with Gasteiger partial charge in [-0.25, -0.2) is 0 Å². The lowest BCUT2D eigenvalue weighted by atomic mass is 10.1. The number of amides is 1. The van der Waals surface area contributed by atoms with E-state index in [0.29, 0.717) is 29.4 Å². The van der Waals surface area contributed by atoms with E-state index in [1.54, 1.807) is 12.4 Å². The van der Waals surface area contributed by atoms with E-state index in [1.165, 1.54) is 0 Å². The number of ether oxygens (including phenoxy) is 2. The third-order valence-corrected chi connectivity index (χ3v) is 5.68. The molecule has 0 spiro atoms. The van der Waals surface area contributed by atoms with Crippen molar-refractivity contribution >= 4 is 23.2 Å². The van der Waals surface area contributed by atoms with Crippen LogP contribution < -0.4 is 9.64 Å². The first-order valence-corrected chi connectivity index (χ1v) is 11.6. The van der Waals surface area contributed by atoms with Crippen LogP contribution in [0.15, 0.2) is 84.7 Å². The van der Waals surface area contributed by atoms with Crippen LogP contribution in [0.5, 0.6) is 5.75 Å². The average molecular weight is 478 g/mol. The summed E-state index contributed by atoms with van der Waals surface area (Å²) in [6.07, 6.45) is 3.52. The van der Waals surface area contributed by atoms with Gasteiger partial charge in [0.1, 0.15) is 12.4 Å². The van der Waals surface area contributed by atoms with Crippen molar-refractivity contribution < 1.29 is 14.3 Å². The van der Waals surface area contributed by atoms with E-state index in [9.17, 15) is 4.79 Å². The summed E-state index contributed by atoms with van der Waals surface area (Å²) in [4.78, 5) is 21.8. The molecule has 0 saturated carbocycles. The van der Waals surface area contributed by atoms with E-state index in [4.69, 9.17) is 21.1 Å². The molecule has 6 nitrogen and oxygen atoms in total. The van der Waals surface area contributed by atoms with Crippen LogP contribution in [0.25, 0.3) is 0 Å². The van der Waals surface area contributed by atoms with Crippen molar-refractivity contribution in [3.63, 3.8) is 0 Å². The van der Waals surface area contributed by atoms with Gasteiger partial charge in [0.2, 0.25) is 0 Å². The van der Waals surface area contributed by atoms with Crippen LogP contribution in [-0.2, 0) is 17.8 Å². The summed E-state index contributed by atoms with van der Waals surface area (Å²) in [5.74, 6) is 0.672. The fourth-order valence-corrected chi connectivity index (χ4v) is 3.86. The molecule has 0 N–H and O–H groups in total. The molecule has 0 radical (unpaired) electrons. The van der Waals surface area contributed by atoms with Crippen LogP contribution in [-0.4, -0.2) is 48.7 Å². The fraction of sp³-hybridized carbons (Fsp3) is 0.259. The highest BCUT2D eigenvalue weighted by atomic mass is 35.5. The molecule has 1 fully saturated rings. The van der Waals surface area contributed by atoms with Crippen LogP contribution in [0.4, 0.5) is 5.69 Å². The van der Waals surface area contributed by atoms with Gasteiger partial charge in [0.25, 0.3) is 5.91 Å². The zero-order chi connectivity index (χ0) is 23.8. The van der Waals surface area contributed by atoms with Gasteiger partial charge in [-0.15, -0.1) is 0 Å². The number of pyridine rings is 1. The first kappa shape index (κ1) is 23.8. The topological polar surface area (TPSA) is 54.9 Å². The normalized spacial score (nSPS) is 13.4. The summed E-state index contributed by atoms with van der Waals surface area (Å²) in [7, 11) is 0. The van der Waals surface area contributed by atoms with Gasteiger partial charge in [-0.05, 0) is 53.6 Å². The number of rotatable bonds is 9. The number of anilines is 1. The number of nitrogens with zero attached hydrogens (tertiary/aromatic N) is 3. The summed E-state index contributed by atoms with van der Waals surface area (Å²) in [5, 5.41) is 0.442. The summed E-state index contributed by atoms with van der Waals surface area (Å²) >= 11 is 5.77. The first-order chi connectivity index (χ1) is 16.6. The second kappa shape index (κ2) is 11.7. The van der Waals surface area contributed by atoms with Gasteiger partial charge in [-0.3, -0.25) is 9.78 Å². The number of aromatic nitrogens is 1. The molecule has 0 aliphatic carbocycles. The monoisotopic (exact) mass is 477 g/mol. The van der Waals surface area contributed by atoms with Crippen molar-refractivity contribution in [3.05, 3.63) is 101 Å². The third-order valence-electron chi connectivity index (χ3n) is 5.57. The standard InChI is InChI=1S/C27H28ClN3O3/c1-21(28)20-34-26-10-4-22(5-11-26)18-31(19-23-3-2-12-29-17-23)27(32)24-6-8-25(9-7-24)30-13-15-33-16-14-30/h2-12,17H,1,13-16,18-20H2. The third kappa shape index (κ3) is 6.59. The van der Waals surface area contributed by atoms with Gasteiger partial charge in [0, 0.05) is 54.9 Å². The number of hydrogen-bond acceptors (Lipinski definition) is 5. The lowest BCUT2D eigenvalue weighted by Crippen LogP contribution is -2.36. The van der Waals surface area contributed by atoms with Crippen LogP contribution in [0.2, 0.25) is 0 Å². The summed E-state index contributed by atoms with van der Waals surface area (Å²) in [6, 6.07) is 19.3. The van der Waals surface area contributed by atoms with E-state index in [-0.39, 0.29) is 12.5 Å². The molecule has 2 heterocycles. The van der Waals surface area contributed by atoms with Crippen molar-refractivity contribution in [2.45, 2.75) is 13.1 Å². The van der Waals surface area contributed by atoms with Crippen molar-refractivity contribution in [2.75, 3.05) is 37.8 Å². The Hall–Kier alpha value is -3.35. The average Bonchev–Trinajstić information content (AvgIpc) is 2.88. The molecule has 4 rings (SSSR count). The lowest BCUT2D eigenvalue weighted by Gasteiger charge is -2.29. The van der Waals surface area contributed by atoms with Gasteiger partial charge in [-0.1, -0.05) is 36.4 Å². The molecule has 34 heavy (non-hydrogen) atoms. The number of carbonyl (C=O) groups is 1. The maximum atomic E-state index is 13.5. The minimum Gasteiger partial charge on any atom is -0.488 e. The Morgan fingerprint density at radius 1 is 1.03 bits per heavy atom. The van der Waals surface area contributed by atoms with Crippen LogP contribution in [0.3, 0.4) is 0 Å². The number of benzene rings is 2. The Morgan fingerprint density at radius 3 is 2.38 bits per heavy atom. The van der Waals surface area contributed by atoms with E-state index in [0.717, 1.165) is 43.1 Å². The smallest absolute Gasteiger partial charge is 0.254 e. The molecule has 0 unspecified atom stereocenters. The zero-order valence-electron chi connectivity index (χ0n) is 19.0. The number of halogens is 1. The Kier molecular flexibility index (Phi) is 8.17. The molecule has 176 valence electrons. The Morgan fingerprint density at radius 2 is 1.74 bits per heavy atom. The minimum absolute atomic E-state index is 0.0313. The fourth-order valence-electron chi connectivity index (χ4n) is 3.80. The lowest BCUT2D eigenvalue weighted by molar-refractivity contribution is 0.0730. The molecular formula is C27H28ClN3O3. The second-order valence-electron chi connectivity index (χ2n) is 8.12. The summed E-state index contributed by atoms with van der Waals surface area (Å²) in [6.45, 7) is 7.98. The maximum Gasteiger partial charge on any atom is 0.254 e. The van der Waals surface area contributed by atoms with Crippen LogP contribution >= 0.6 is 11.6 Å². The molecular weight excluding hydrogens is 450 g/mol. The number of hydrogen-bond donors (Lipinski definition) is 0. The quantitative estimate of drug-likeness (QED) is 0.439. The van der Waals surface area contributed by atoms with Gasteiger partial charge in [0.05, 0.1) is 13.2 Å². The van der Waals surface area contributed by atoms with Crippen molar-refractivity contribution in [3.8, 4) is 5.75 Å². The molecule has 1 aliphatic heterocycles. The van der Waals surface area contributed by atoms with E-state index < -0.39 is 0 Å². The van der Waals surface area contributed by atoms with Crippen molar-refractivity contribution in [2.24, 2.45) is 0 Å². The highest BCUT2D eigenvalue weighted by Gasteiger charge is 2.18. The molecule has 3 aromatic rings. The van der Waals surface area contributed by atoms with Gasteiger partial charge < -0.3 is 19.3 Å². The van der Waals surface area contributed by atoms with Crippen molar-refractivity contribution in [1.29, 1.82) is 0 Å². The van der Waals surface area contributed by atoms with Crippen LogP contribution in [0, 0.1) is 0 Å². The first-order valence-electron chi connectivity index (χ1n) is 11.2. The Labute approximate surface area is 205 Å². The Bertz CT molecular complexity index is 1080. The minimum atomic E-state index is -0.0313. The summed E-state index contributed by atoms with van der Waals surface area (Å²) in [5.41, 5.74) is 3.73. The molecule has 2 aromatic carbocycles. The Balaban J connectivity index is 1.49. The molecule has 0 atom stereocenters. The van der Waals surface area contributed by atoms with Gasteiger partial charge >= 0.3 is 0 Å². The highest BCUT2D eigenvalue weighted by molar-refractivity contribution is 6.29. The van der Waals surface area contributed by atoms with E-state index >= 15 is 0 Å². The SMILES string of the molecule is C=C(Cl)COc1ccc(CN(Cc2cccnc2)C(=O)c2ccc(N3CCOCC3)cc2)cc1. The van der Waals surface area contributed by atoms with Crippen LogP contribution in [0.1, 0.15) is 21.5 Å². The molecule has 1 saturated heterocycles. The molecule has 1 aliphatic rings. The second-order valence-corrected chi connectivity index (χ2v) is 8.65. The molecule has 7 heteroatoms. The predicted molar refractivity (Wildman–Crippen MR) is 134 cm³/mol. The predicted octanol–water partition coefficient (Wildman–Crippen LogP) is 4.89. The van der Waals surface area contributed by atoms with E-state index in [2.05, 4.69) is 16.5 Å². The number of carbonyl (C=O) groups excluding carboxylic acids is 1. The molecule has 0 bridgehead atoms. The van der Waals surface area contributed by atoms with Gasteiger partial charge in [0.15, 0.2) is 0 Å².